The van der Waals surface area contributed by atoms with E-state index < -0.39 is 0 Å². The first-order valence-electron chi connectivity index (χ1n) is 10.2. The van der Waals surface area contributed by atoms with Crippen molar-refractivity contribution >= 4 is 27.5 Å². The summed E-state index contributed by atoms with van der Waals surface area (Å²) in [5.74, 6) is 0.214. The van der Waals surface area contributed by atoms with Crippen LogP contribution < -0.4 is 10.1 Å². The first kappa shape index (κ1) is 20.5. The van der Waals surface area contributed by atoms with E-state index in [0.717, 1.165) is 30.4 Å². The van der Waals surface area contributed by atoms with Gasteiger partial charge in [0, 0.05) is 25.1 Å². The lowest BCUT2D eigenvalue weighted by Gasteiger charge is -2.36. The maximum atomic E-state index is 13.7. The minimum atomic E-state index is -0.327. The van der Waals surface area contributed by atoms with Crippen LogP contribution in [0.3, 0.4) is 0 Å². The standard InChI is InChI=1S/C21H27FN2O4S/c1-26-6-7-27-16-4-2-15(3-5-16)24-21(25)13-8-17(9-13)28-18-10-14(22)11-19-20(18)23-12-29-19/h10-13,15-17H,2-9H2,1H3,(H,24,25). The Morgan fingerprint density at radius 3 is 2.76 bits per heavy atom. The van der Waals surface area contributed by atoms with E-state index in [1.165, 1.54) is 23.5 Å². The molecule has 2 aliphatic carbocycles. The highest BCUT2D eigenvalue weighted by atomic mass is 32.1. The molecule has 2 aliphatic rings. The van der Waals surface area contributed by atoms with Crippen LogP contribution in [0, 0.1) is 11.7 Å². The summed E-state index contributed by atoms with van der Waals surface area (Å²) in [6, 6.07) is 3.07. The number of nitrogens with one attached hydrogen (secondary N) is 1. The number of amides is 1. The van der Waals surface area contributed by atoms with Crippen LogP contribution in [0.4, 0.5) is 4.39 Å². The lowest BCUT2D eigenvalue weighted by atomic mass is 9.81. The first-order valence-corrected chi connectivity index (χ1v) is 11.1. The molecular formula is C21H27FN2O4S. The van der Waals surface area contributed by atoms with Gasteiger partial charge in [-0.2, -0.15) is 0 Å². The van der Waals surface area contributed by atoms with Gasteiger partial charge in [-0.25, -0.2) is 9.37 Å². The molecule has 1 N–H and O–H groups in total. The Morgan fingerprint density at radius 1 is 1.21 bits per heavy atom. The Labute approximate surface area is 173 Å². The van der Waals surface area contributed by atoms with Gasteiger partial charge >= 0.3 is 0 Å². The second kappa shape index (κ2) is 9.36. The van der Waals surface area contributed by atoms with Gasteiger partial charge < -0.3 is 19.5 Å². The third-order valence-electron chi connectivity index (χ3n) is 5.79. The number of hydrogen-bond acceptors (Lipinski definition) is 6. The van der Waals surface area contributed by atoms with Gasteiger partial charge in [-0.3, -0.25) is 4.79 Å². The van der Waals surface area contributed by atoms with Crippen LogP contribution >= 0.6 is 11.3 Å². The van der Waals surface area contributed by atoms with Crippen LogP contribution in [0.1, 0.15) is 38.5 Å². The maximum Gasteiger partial charge on any atom is 0.223 e. The number of thiazole rings is 1. The van der Waals surface area contributed by atoms with E-state index in [1.807, 2.05) is 0 Å². The van der Waals surface area contributed by atoms with Crippen LogP contribution in [-0.2, 0) is 14.3 Å². The van der Waals surface area contributed by atoms with Gasteiger partial charge in [0.2, 0.25) is 5.91 Å². The summed E-state index contributed by atoms with van der Waals surface area (Å²) in [6.45, 7) is 1.24. The van der Waals surface area contributed by atoms with E-state index in [4.69, 9.17) is 14.2 Å². The number of aromatic nitrogens is 1. The highest BCUT2D eigenvalue weighted by molar-refractivity contribution is 7.16. The topological polar surface area (TPSA) is 69.7 Å². The van der Waals surface area contributed by atoms with Crippen LogP contribution in [0.15, 0.2) is 17.6 Å². The number of fused-ring (bicyclic) bond motifs is 1. The van der Waals surface area contributed by atoms with E-state index in [9.17, 15) is 9.18 Å². The number of carbonyl (C=O) groups excluding carboxylic acids is 1. The van der Waals surface area contributed by atoms with Crippen molar-refractivity contribution in [1.29, 1.82) is 0 Å². The fourth-order valence-electron chi connectivity index (χ4n) is 4.04. The van der Waals surface area contributed by atoms with E-state index in [2.05, 4.69) is 10.3 Å². The summed E-state index contributed by atoms with van der Waals surface area (Å²) in [6.07, 6.45) is 5.34. The fraction of sp³-hybridized carbons (Fsp3) is 0.619. The molecule has 2 aromatic rings. The van der Waals surface area contributed by atoms with Gasteiger partial charge in [-0.1, -0.05) is 0 Å². The van der Waals surface area contributed by atoms with E-state index in [-0.39, 0.29) is 35.9 Å². The van der Waals surface area contributed by atoms with E-state index >= 15 is 0 Å². The highest BCUT2D eigenvalue weighted by Gasteiger charge is 2.37. The quantitative estimate of drug-likeness (QED) is 0.657. The molecule has 29 heavy (non-hydrogen) atoms. The fourth-order valence-corrected chi connectivity index (χ4v) is 4.76. The van der Waals surface area contributed by atoms with Crippen molar-refractivity contribution in [3.8, 4) is 5.75 Å². The normalized spacial score (nSPS) is 26.8. The van der Waals surface area contributed by atoms with Gasteiger partial charge in [0.05, 0.1) is 29.5 Å². The lowest BCUT2D eigenvalue weighted by Crippen LogP contribution is -2.47. The molecule has 2 fully saturated rings. The van der Waals surface area contributed by atoms with Crippen LogP contribution in [-0.4, -0.2) is 49.5 Å². The average molecular weight is 423 g/mol. The monoisotopic (exact) mass is 422 g/mol. The van der Waals surface area contributed by atoms with Crippen LogP contribution in [0.25, 0.3) is 10.2 Å². The molecule has 4 rings (SSSR count). The molecule has 0 radical (unpaired) electrons. The second-order valence-corrected chi connectivity index (χ2v) is 8.74. The van der Waals surface area contributed by atoms with E-state index in [0.29, 0.717) is 37.3 Å². The second-order valence-electron chi connectivity index (χ2n) is 7.86. The van der Waals surface area contributed by atoms with Gasteiger partial charge in [0.15, 0.2) is 0 Å². The summed E-state index contributed by atoms with van der Waals surface area (Å²) in [5, 5.41) is 3.18. The molecule has 0 aliphatic heterocycles. The average Bonchev–Trinajstić information content (AvgIpc) is 3.14. The molecule has 0 unspecified atom stereocenters. The number of benzene rings is 1. The van der Waals surface area contributed by atoms with Crippen molar-refractivity contribution in [3.63, 3.8) is 0 Å². The summed E-state index contributed by atoms with van der Waals surface area (Å²) in [5.41, 5.74) is 2.37. The zero-order chi connectivity index (χ0) is 20.2. The smallest absolute Gasteiger partial charge is 0.223 e. The predicted octanol–water partition coefficient (Wildman–Crippen LogP) is 3.68. The van der Waals surface area contributed by atoms with E-state index in [1.54, 1.807) is 12.6 Å². The number of rotatable bonds is 8. The molecule has 0 bridgehead atoms. The van der Waals surface area contributed by atoms with Crippen LogP contribution in [0.5, 0.6) is 5.75 Å². The summed E-state index contributed by atoms with van der Waals surface area (Å²) < 4.78 is 31.2. The first-order chi connectivity index (χ1) is 14.1. The summed E-state index contributed by atoms with van der Waals surface area (Å²) in [4.78, 5) is 16.8. The number of nitrogens with zero attached hydrogens (tertiary/aromatic N) is 1. The molecule has 158 valence electrons. The Bertz CT molecular complexity index is 831. The van der Waals surface area contributed by atoms with Gasteiger partial charge in [0.1, 0.15) is 23.2 Å². The third kappa shape index (κ3) is 5.05. The van der Waals surface area contributed by atoms with Crippen molar-refractivity contribution in [2.75, 3.05) is 20.3 Å². The Balaban J connectivity index is 1.19. The summed E-state index contributed by atoms with van der Waals surface area (Å²) >= 11 is 1.39. The number of hydrogen-bond donors (Lipinski definition) is 1. The number of carbonyl (C=O) groups is 1. The molecule has 1 amide bonds. The maximum absolute atomic E-state index is 13.7. The molecule has 8 heteroatoms. The number of halogens is 1. The predicted molar refractivity (Wildman–Crippen MR) is 109 cm³/mol. The minimum absolute atomic E-state index is 0.0323. The van der Waals surface area contributed by atoms with Gasteiger partial charge in [0.25, 0.3) is 0 Å². The van der Waals surface area contributed by atoms with Gasteiger partial charge in [-0.05, 0) is 44.6 Å². The highest BCUT2D eigenvalue weighted by Crippen LogP contribution is 2.36. The Hall–Kier alpha value is -1.77. The van der Waals surface area contributed by atoms with Crippen molar-refractivity contribution in [1.82, 2.24) is 10.3 Å². The molecule has 0 spiro atoms. The minimum Gasteiger partial charge on any atom is -0.488 e. The zero-order valence-electron chi connectivity index (χ0n) is 16.6. The Morgan fingerprint density at radius 2 is 2.00 bits per heavy atom. The number of ether oxygens (including phenoxy) is 3. The van der Waals surface area contributed by atoms with Gasteiger partial charge in [-0.15, -0.1) is 11.3 Å². The molecular weight excluding hydrogens is 395 g/mol. The molecule has 0 atom stereocenters. The molecule has 1 aromatic carbocycles. The zero-order valence-corrected chi connectivity index (χ0v) is 17.4. The number of methoxy groups -OCH3 is 1. The molecule has 2 saturated carbocycles. The SMILES string of the molecule is COCCOC1CCC(NC(=O)C2CC(Oc3cc(F)cc4scnc34)C2)CC1. The molecule has 1 aromatic heterocycles. The molecule has 1 heterocycles. The van der Waals surface area contributed by atoms with Crippen LogP contribution in [0.2, 0.25) is 0 Å². The van der Waals surface area contributed by atoms with Crippen molar-refractivity contribution in [2.24, 2.45) is 5.92 Å². The third-order valence-corrected chi connectivity index (χ3v) is 6.56. The summed E-state index contributed by atoms with van der Waals surface area (Å²) in [7, 11) is 1.67. The van der Waals surface area contributed by atoms with Crippen molar-refractivity contribution in [2.45, 2.75) is 56.8 Å². The molecule has 6 nitrogen and oxygen atoms in total. The Kier molecular flexibility index (Phi) is 6.62. The van der Waals surface area contributed by atoms with Crippen molar-refractivity contribution < 1.29 is 23.4 Å². The largest absolute Gasteiger partial charge is 0.488 e. The lowest BCUT2D eigenvalue weighted by molar-refractivity contribution is -0.131. The molecule has 0 saturated heterocycles. The van der Waals surface area contributed by atoms with Crippen molar-refractivity contribution in [3.05, 3.63) is 23.5 Å².